The summed E-state index contributed by atoms with van der Waals surface area (Å²) in [6, 6.07) is 4.37. The van der Waals surface area contributed by atoms with Crippen molar-refractivity contribution >= 4 is 5.91 Å². The van der Waals surface area contributed by atoms with E-state index in [0.717, 1.165) is 5.01 Å². The maximum Gasteiger partial charge on any atom is 0.240 e. The van der Waals surface area contributed by atoms with Gasteiger partial charge in [-0.05, 0) is 17.7 Å². The van der Waals surface area contributed by atoms with E-state index in [9.17, 15) is 9.18 Å². The van der Waals surface area contributed by atoms with Gasteiger partial charge in [0.15, 0.2) is 11.6 Å². The van der Waals surface area contributed by atoms with E-state index in [2.05, 4.69) is 0 Å². The fraction of sp³-hybridized carbons (Fsp3) is 0.300. The first-order valence-electron chi connectivity index (χ1n) is 4.38. The van der Waals surface area contributed by atoms with Crippen LogP contribution in [0.1, 0.15) is 5.56 Å². The second-order valence-corrected chi connectivity index (χ2v) is 3.15. The molecule has 0 fully saturated rings. The summed E-state index contributed by atoms with van der Waals surface area (Å²) in [5.41, 5.74) is 0.565. The van der Waals surface area contributed by atoms with Crippen molar-refractivity contribution < 1.29 is 13.9 Å². The quantitative estimate of drug-likeness (QED) is 0.456. The number of likely N-dealkylation sites (N-methyl/N-ethyl adjacent to an activating group) is 1. The molecule has 0 aliphatic heterocycles. The van der Waals surface area contributed by atoms with Gasteiger partial charge in [-0.15, -0.1) is 0 Å². The van der Waals surface area contributed by atoms with Crippen LogP contribution in [0.15, 0.2) is 18.2 Å². The third-order valence-electron chi connectivity index (χ3n) is 1.96. The lowest BCUT2D eigenvalue weighted by atomic mass is 10.1. The van der Waals surface area contributed by atoms with Crippen molar-refractivity contribution in [2.75, 3.05) is 14.2 Å². The molecular weight excluding hydrogens is 199 g/mol. The van der Waals surface area contributed by atoms with Crippen LogP contribution < -0.4 is 10.6 Å². The van der Waals surface area contributed by atoms with Gasteiger partial charge in [0.2, 0.25) is 5.91 Å². The summed E-state index contributed by atoms with van der Waals surface area (Å²) in [7, 11) is 2.83. The van der Waals surface area contributed by atoms with Crippen LogP contribution in [0, 0.1) is 5.82 Å². The van der Waals surface area contributed by atoms with Crippen LogP contribution in [-0.2, 0) is 11.2 Å². The first kappa shape index (κ1) is 11.5. The third kappa shape index (κ3) is 2.92. The molecule has 4 nitrogen and oxygen atoms in total. The summed E-state index contributed by atoms with van der Waals surface area (Å²) in [6.07, 6.45) is 0.0773. The fourth-order valence-corrected chi connectivity index (χ4v) is 1.12. The maximum absolute atomic E-state index is 13.2. The van der Waals surface area contributed by atoms with Crippen LogP contribution >= 0.6 is 0 Å². The lowest BCUT2D eigenvalue weighted by Crippen LogP contribution is -2.34. The van der Waals surface area contributed by atoms with E-state index < -0.39 is 5.82 Å². The minimum atomic E-state index is -0.484. The van der Waals surface area contributed by atoms with Gasteiger partial charge < -0.3 is 4.74 Å². The number of nitrogens with two attached hydrogens (primary N) is 1. The Labute approximate surface area is 87.4 Å². The molecule has 0 radical (unpaired) electrons. The maximum atomic E-state index is 13.2. The van der Waals surface area contributed by atoms with Crippen molar-refractivity contribution in [1.29, 1.82) is 0 Å². The van der Waals surface area contributed by atoms with Gasteiger partial charge in [0.25, 0.3) is 0 Å². The minimum absolute atomic E-state index is 0.0773. The van der Waals surface area contributed by atoms with Gasteiger partial charge >= 0.3 is 0 Å². The highest BCUT2D eigenvalue weighted by Crippen LogP contribution is 2.17. The number of carbonyl (C=O) groups excluding carboxylic acids is 1. The first-order valence-corrected chi connectivity index (χ1v) is 4.38. The normalized spacial score (nSPS) is 9.87. The molecule has 0 aliphatic carbocycles. The molecule has 0 bridgehead atoms. The molecule has 0 aliphatic rings. The number of ether oxygens (including phenoxy) is 1. The molecule has 1 aromatic carbocycles. The van der Waals surface area contributed by atoms with Gasteiger partial charge in [0.1, 0.15) is 0 Å². The molecule has 5 heteroatoms. The number of amides is 1. The number of hydrazine groups is 1. The van der Waals surface area contributed by atoms with E-state index in [1.54, 1.807) is 6.07 Å². The molecule has 0 atom stereocenters. The third-order valence-corrected chi connectivity index (χ3v) is 1.96. The molecular formula is C10H13FN2O2. The fourth-order valence-electron chi connectivity index (χ4n) is 1.12. The summed E-state index contributed by atoms with van der Waals surface area (Å²) in [4.78, 5) is 11.2. The predicted molar refractivity (Wildman–Crippen MR) is 53.6 cm³/mol. The topological polar surface area (TPSA) is 55.6 Å². The number of methoxy groups -OCH3 is 1. The van der Waals surface area contributed by atoms with Gasteiger partial charge in [-0.3, -0.25) is 9.80 Å². The number of benzene rings is 1. The van der Waals surface area contributed by atoms with Crippen molar-refractivity contribution in [1.82, 2.24) is 5.01 Å². The molecule has 82 valence electrons. The zero-order chi connectivity index (χ0) is 11.4. The van der Waals surface area contributed by atoms with Crippen LogP contribution in [-0.4, -0.2) is 25.1 Å². The Hall–Kier alpha value is -1.62. The summed E-state index contributed by atoms with van der Waals surface area (Å²) < 4.78 is 18.0. The largest absolute Gasteiger partial charge is 0.494 e. The van der Waals surface area contributed by atoms with Crippen LogP contribution in [0.5, 0.6) is 5.75 Å². The summed E-state index contributed by atoms with van der Waals surface area (Å²) in [5, 5.41) is 0.974. The molecule has 1 amide bonds. The van der Waals surface area contributed by atoms with Crippen molar-refractivity contribution in [2.24, 2.45) is 5.84 Å². The number of rotatable bonds is 3. The standard InChI is InChI=1S/C10H13FN2O2/c1-13(12)10(14)6-7-3-4-9(15-2)8(11)5-7/h3-5H,6,12H2,1-2H3. The highest BCUT2D eigenvalue weighted by atomic mass is 19.1. The zero-order valence-electron chi connectivity index (χ0n) is 8.66. The number of hydrogen-bond acceptors (Lipinski definition) is 3. The molecule has 1 aromatic rings. The average Bonchev–Trinajstić information content (AvgIpc) is 2.18. The van der Waals surface area contributed by atoms with Gasteiger partial charge in [0.05, 0.1) is 13.5 Å². The van der Waals surface area contributed by atoms with E-state index in [1.165, 1.54) is 26.3 Å². The SMILES string of the molecule is COc1ccc(CC(=O)N(C)N)cc1F. The van der Waals surface area contributed by atoms with Crippen molar-refractivity contribution in [2.45, 2.75) is 6.42 Å². The van der Waals surface area contributed by atoms with Crippen LogP contribution in [0.2, 0.25) is 0 Å². The van der Waals surface area contributed by atoms with Crippen molar-refractivity contribution in [3.63, 3.8) is 0 Å². The van der Waals surface area contributed by atoms with E-state index >= 15 is 0 Å². The summed E-state index contributed by atoms with van der Waals surface area (Å²) in [5.74, 6) is 4.64. The van der Waals surface area contributed by atoms with Crippen LogP contribution in [0.3, 0.4) is 0 Å². The Morgan fingerprint density at radius 3 is 2.73 bits per heavy atom. The first-order chi connectivity index (χ1) is 7.04. The second kappa shape index (κ2) is 4.75. The summed E-state index contributed by atoms with van der Waals surface area (Å²) in [6.45, 7) is 0. The van der Waals surface area contributed by atoms with Gasteiger partial charge in [-0.2, -0.15) is 0 Å². The number of halogens is 1. The Morgan fingerprint density at radius 1 is 1.60 bits per heavy atom. The molecule has 0 unspecified atom stereocenters. The molecule has 0 spiro atoms. The monoisotopic (exact) mass is 212 g/mol. The molecule has 2 N–H and O–H groups in total. The average molecular weight is 212 g/mol. The lowest BCUT2D eigenvalue weighted by molar-refractivity contribution is -0.129. The lowest BCUT2D eigenvalue weighted by Gasteiger charge is -2.10. The van der Waals surface area contributed by atoms with E-state index in [4.69, 9.17) is 10.6 Å². The molecule has 0 saturated carbocycles. The highest BCUT2D eigenvalue weighted by molar-refractivity contribution is 5.77. The molecule has 1 rings (SSSR count). The zero-order valence-corrected chi connectivity index (χ0v) is 8.66. The number of nitrogens with zero attached hydrogens (tertiary/aromatic N) is 1. The van der Waals surface area contributed by atoms with Crippen molar-refractivity contribution in [3.8, 4) is 5.75 Å². The van der Waals surface area contributed by atoms with Gasteiger partial charge in [-0.25, -0.2) is 10.2 Å². The molecule has 0 saturated heterocycles. The number of hydrogen-bond donors (Lipinski definition) is 1. The van der Waals surface area contributed by atoms with Crippen molar-refractivity contribution in [3.05, 3.63) is 29.6 Å². The Bertz CT molecular complexity index is 366. The van der Waals surface area contributed by atoms with Gasteiger partial charge in [0, 0.05) is 7.05 Å². The van der Waals surface area contributed by atoms with E-state index in [1.807, 2.05) is 0 Å². The molecule has 0 aromatic heterocycles. The minimum Gasteiger partial charge on any atom is -0.494 e. The Kier molecular flexibility index (Phi) is 3.62. The Balaban J connectivity index is 2.80. The highest BCUT2D eigenvalue weighted by Gasteiger charge is 2.08. The van der Waals surface area contributed by atoms with E-state index in [-0.39, 0.29) is 18.1 Å². The van der Waals surface area contributed by atoms with Gasteiger partial charge in [-0.1, -0.05) is 6.07 Å². The van der Waals surface area contributed by atoms with E-state index in [0.29, 0.717) is 5.56 Å². The number of carbonyl (C=O) groups is 1. The van der Waals surface area contributed by atoms with Crippen LogP contribution in [0.25, 0.3) is 0 Å². The smallest absolute Gasteiger partial charge is 0.240 e. The molecule has 15 heavy (non-hydrogen) atoms. The van der Waals surface area contributed by atoms with Crippen LogP contribution in [0.4, 0.5) is 4.39 Å². The molecule has 0 heterocycles. The summed E-state index contributed by atoms with van der Waals surface area (Å²) >= 11 is 0. The Morgan fingerprint density at radius 2 is 2.27 bits per heavy atom. The predicted octanol–water partition coefficient (Wildman–Crippen LogP) is 0.709. The second-order valence-electron chi connectivity index (χ2n) is 3.15.